The van der Waals surface area contributed by atoms with E-state index in [0.717, 1.165) is 10.2 Å². The van der Waals surface area contributed by atoms with Gasteiger partial charge in [0.1, 0.15) is 17.3 Å². The largest absolute Gasteiger partial charge is 0.306 e. The first kappa shape index (κ1) is 19.3. The highest BCUT2D eigenvalue weighted by Gasteiger charge is 2.22. The smallest absolute Gasteiger partial charge is 0.283 e. The Morgan fingerprint density at radius 3 is 2.56 bits per heavy atom. The summed E-state index contributed by atoms with van der Waals surface area (Å²) in [7, 11) is 0. The number of carbonyl (C=O) groups is 1. The van der Waals surface area contributed by atoms with Crippen LogP contribution < -0.4 is 5.32 Å². The van der Waals surface area contributed by atoms with E-state index in [4.69, 9.17) is 23.2 Å². The summed E-state index contributed by atoms with van der Waals surface area (Å²) in [6.45, 7) is 1.71. The number of hydrogen-bond acceptors (Lipinski definition) is 3. The molecule has 0 spiro atoms. The van der Waals surface area contributed by atoms with Crippen molar-refractivity contribution in [2.24, 2.45) is 0 Å². The summed E-state index contributed by atoms with van der Waals surface area (Å²) in [4.78, 5) is 12.2. The van der Waals surface area contributed by atoms with Crippen LogP contribution in [0.5, 0.6) is 0 Å². The Morgan fingerprint density at radius 1 is 1.22 bits per heavy atom. The van der Waals surface area contributed by atoms with Crippen molar-refractivity contribution in [3.05, 3.63) is 63.5 Å². The van der Waals surface area contributed by atoms with Gasteiger partial charge >= 0.3 is 0 Å². The number of aromatic nitrogens is 4. The van der Waals surface area contributed by atoms with Crippen molar-refractivity contribution in [1.82, 2.24) is 19.6 Å². The average molecular weight is 414 g/mol. The third kappa shape index (κ3) is 4.45. The number of halogens is 4. The third-order valence-corrected chi connectivity index (χ3v) is 4.56. The average Bonchev–Trinajstić information content (AvgIpc) is 3.10. The lowest BCUT2D eigenvalue weighted by atomic mass is 10.2. The van der Waals surface area contributed by atoms with Gasteiger partial charge in [0.25, 0.3) is 6.43 Å². The first-order valence-corrected chi connectivity index (χ1v) is 8.68. The Bertz CT molecular complexity index is 956. The summed E-state index contributed by atoms with van der Waals surface area (Å²) in [6, 6.07) is 9.62. The topological polar surface area (TPSA) is 64.7 Å². The number of nitrogens with zero attached hydrogens (tertiary/aromatic N) is 4. The zero-order valence-electron chi connectivity index (χ0n) is 14.2. The summed E-state index contributed by atoms with van der Waals surface area (Å²) in [5.41, 5.74) is 0.755. The number of rotatable bonds is 6. The lowest BCUT2D eigenvalue weighted by molar-refractivity contribution is -0.117. The van der Waals surface area contributed by atoms with Crippen molar-refractivity contribution in [3.63, 3.8) is 0 Å². The number of benzene rings is 1. The Labute approximate surface area is 163 Å². The summed E-state index contributed by atoms with van der Waals surface area (Å²) < 4.78 is 28.4. The van der Waals surface area contributed by atoms with Gasteiger partial charge in [0.15, 0.2) is 5.82 Å². The number of anilines is 1. The molecule has 0 unspecified atom stereocenters. The molecule has 3 aromatic rings. The second-order valence-corrected chi connectivity index (χ2v) is 6.59. The number of hydrogen-bond donors (Lipinski definition) is 1. The van der Waals surface area contributed by atoms with Crippen LogP contribution >= 0.6 is 23.2 Å². The molecule has 0 fully saturated rings. The molecule has 0 aliphatic rings. The Balaban J connectivity index is 1.69. The molecule has 1 N–H and O–H groups in total. The van der Waals surface area contributed by atoms with Gasteiger partial charge in [-0.25, -0.2) is 8.78 Å². The van der Waals surface area contributed by atoms with Gasteiger partial charge < -0.3 is 5.32 Å². The van der Waals surface area contributed by atoms with Crippen molar-refractivity contribution in [2.75, 3.05) is 5.32 Å². The first-order chi connectivity index (χ1) is 12.8. The van der Waals surface area contributed by atoms with Crippen LogP contribution in [0.2, 0.25) is 10.0 Å². The minimum absolute atomic E-state index is 0.150. The molecule has 2 heterocycles. The van der Waals surface area contributed by atoms with E-state index < -0.39 is 18.0 Å². The molecule has 1 amide bonds. The van der Waals surface area contributed by atoms with Gasteiger partial charge in [0.2, 0.25) is 5.91 Å². The lowest BCUT2D eigenvalue weighted by Crippen LogP contribution is -2.21. The molecular formula is C17H15Cl2F2N5O. The predicted octanol–water partition coefficient (Wildman–Crippen LogP) is 4.32. The van der Waals surface area contributed by atoms with E-state index in [0.29, 0.717) is 6.54 Å². The van der Waals surface area contributed by atoms with E-state index in [1.807, 2.05) is 30.3 Å². The van der Waals surface area contributed by atoms with Gasteiger partial charge in [-0.3, -0.25) is 14.2 Å². The molecule has 0 radical (unpaired) electrons. The van der Waals surface area contributed by atoms with Gasteiger partial charge in [-0.05, 0) is 12.5 Å². The van der Waals surface area contributed by atoms with Crippen LogP contribution in [0.1, 0.15) is 23.4 Å². The van der Waals surface area contributed by atoms with E-state index in [1.54, 1.807) is 10.9 Å². The van der Waals surface area contributed by atoms with Crippen LogP contribution in [-0.4, -0.2) is 25.5 Å². The molecule has 6 nitrogen and oxygen atoms in total. The minimum Gasteiger partial charge on any atom is -0.306 e. The van der Waals surface area contributed by atoms with Crippen LogP contribution in [0.4, 0.5) is 14.6 Å². The Hall–Kier alpha value is -2.45. The highest BCUT2D eigenvalue weighted by molar-refractivity contribution is 6.33. The fourth-order valence-electron chi connectivity index (χ4n) is 2.48. The molecular weight excluding hydrogens is 399 g/mol. The molecule has 0 saturated carbocycles. The summed E-state index contributed by atoms with van der Waals surface area (Å²) in [6.07, 6.45) is -1.22. The van der Waals surface area contributed by atoms with E-state index >= 15 is 0 Å². The number of carbonyl (C=O) groups excluding carboxylic acids is 1. The SMILES string of the molecule is Cc1c(Cl)c(C(F)F)nn1CC(=O)Nc1nn(Cc2ccccc2)cc1Cl. The molecule has 2 aromatic heterocycles. The highest BCUT2D eigenvalue weighted by atomic mass is 35.5. The van der Waals surface area contributed by atoms with E-state index in [1.165, 1.54) is 6.92 Å². The highest BCUT2D eigenvalue weighted by Crippen LogP contribution is 2.28. The van der Waals surface area contributed by atoms with Crippen molar-refractivity contribution in [3.8, 4) is 0 Å². The molecule has 0 aliphatic heterocycles. The molecule has 0 saturated heterocycles. The molecule has 1 aromatic carbocycles. The predicted molar refractivity (Wildman–Crippen MR) is 98.3 cm³/mol. The summed E-state index contributed by atoms with van der Waals surface area (Å²) >= 11 is 11.9. The van der Waals surface area contributed by atoms with Gasteiger partial charge in [0.05, 0.1) is 17.3 Å². The fraction of sp³-hybridized carbons (Fsp3) is 0.235. The molecule has 142 valence electrons. The molecule has 27 heavy (non-hydrogen) atoms. The van der Waals surface area contributed by atoms with Crippen molar-refractivity contribution in [2.45, 2.75) is 26.4 Å². The lowest BCUT2D eigenvalue weighted by Gasteiger charge is -2.05. The fourth-order valence-corrected chi connectivity index (χ4v) is 2.90. The van der Waals surface area contributed by atoms with E-state index in [9.17, 15) is 13.6 Å². The third-order valence-electron chi connectivity index (χ3n) is 3.82. The quantitative estimate of drug-likeness (QED) is 0.654. The molecule has 0 bridgehead atoms. The van der Waals surface area contributed by atoms with Crippen LogP contribution in [0, 0.1) is 6.92 Å². The van der Waals surface area contributed by atoms with Crippen molar-refractivity contribution >= 4 is 34.9 Å². The molecule has 10 heteroatoms. The van der Waals surface area contributed by atoms with Crippen LogP contribution in [0.15, 0.2) is 36.5 Å². The standard InChI is InChI=1S/C17H15Cl2F2N5O/c1-10-14(19)15(16(20)21)23-26(10)9-13(27)22-17-12(18)8-25(24-17)7-11-5-3-2-4-6-11/h2-6,8,16H,7,9H2,1H3,(H,22,24,27). The molecule has 3 rings (SSSR count). The summed E-state index contributed by atoms with van der Waals surface area (Å²) in [5.74, 6) is -0.326. The first-order valence-electron chi connectivity index (χ1n) is 7.93. The normalized spacial score (nSPS) is 11.2. The maximum atomic E-state index is 12.8. The van der Waals surface area contributed by atoms with E-state index in [-0.39, 0.29) is 28.1 Å². The minimum atomic E-state index is -2.82. The maximum Gasteiger partial charge on any atom is 0.283 e. The van der Waals surface area contributed by atoms with E-state index in [2.05, 4.69) is 15.5 Å². The Morgan fingerprint density at radius 2 is 1.93 bits per heavy atom. The summed E-state index contributed by atoms with van der Waals surface area (Å²) in [5, 5.41) is 10.6. The van der Waals surface area contributed by atoms with Crippen molar-refractivity contribution < 1.29 is 13.6 Å². The number of amides is 1. The second kappa shape index (κ2) is 8.06. The Kier molecular flexibility index (Phi) is 5.76. The maximum absolute atomic E-state index is 12.8. The van der Waals surface area contributed by atoms with Crippen LogP contribution in [-0.2, 0) is 17.9 Å². The molecule has 0 aliphatic carbocycles. The van der Waals surface area contributed by atoms with Gasteiger partial charge in [0, 0.05) is 6.20 Å². The van der Waals surface area contributed by atoms with Crippen LogP contribution in [0.3, 0.4) is 0 Å². The molecule has 0 atom stereocenters. The van der Waals surface area contributed by atoms with Crippen LogP contribution in [0.25, 0.3) is 0 Å². The number of nitrogens with one attached hydrogen (secondary N) is 1. The van der Waals surface area contributed by atoms with Gasteiger partial charge in [-0.15, -0.1) is 0 Å². The van der Waals surface area contributed by atoms with Crippen molar-refractivity contribution in [1.29, 1.82) is 0 Å². The number of alkyl halides is 2. The monoisotopic (exact) mass is 413 g/mol. The van der Waals surface area contributed by atoms with Gasteiger partial charge in [-0.2, -0.15) is 10.2 Å². The zero-order valence-corrected chi connectivity index (χ0v) is 15.7. The second-order valence-electron chi connectivity index (χ2n) is 5.80. The zero-order chi connectivity index (χ0) is 19.6. The van der Waals surface area contributed by atoms with Gasteiger partial charge in [-0.1, -0.05) is 53.5 Å².